The highest BCUT2D eigenvalue weighted by Crippen LogP contribution is 2.22. The molecular weight excluding hydrogens is 314 g/mol. The van der Waals surface area contributed by atoms with Gasteiger partial charge >= 0.3 is 0 Å². The van der Waals surface area contributed by atoms with Gasteiger partial charge in [-0.3, -0.25) is 4.79 Å². The molecule has 21 heavy (non-hydrogen) atoms. The van der Waals surface area contributed by atoms with Gasteiger partial charge in [0.2, 0.25) is 18.1 Å². The van der Waals surface area contributed by atoms with Crippen LogP contribution in [0, 0.1) is 0 Å². The number of rotatable bonds is 4. The fourth-order valence-corrected chi connectivity index (χ4v) is 3.30. The molecule has 1 aliphatic rings. The fraction of sp³-hybridized carbons (Fsp3) is 0.462. The van der Waals surface area contributed by atoms with Crippen molar-refractivity contribution in [2.24, 2.45) is 0 Å². The summed E-state index contributed by atoms with van der Waals surface area (Å²) >= 11 is 7.45. The Morgan fingerprint density at radius 1 is 1.57 bits per heavy atom. The van der Waals surface area contributed by atoms with Crippen molar-refractivity contribution in [2.75, 3.05) is 19.7 Å². The highest BCUT2D eigenvalue weighted by atomic mass is 35.5. The van der Waals surface area contributed by atoms with E-state index in [1.165, 1.54) is 6.39 Å². The molecule has 0 spiro atoms. The normalized spacial score (nSPS) is 18.9. The van der Waals surface area contributed by atoms with Gasteiger partial charge in [0.05, 0.1) is 18.2 Å². The van der Waals surface area contributed by atoms with Crippen LogP contribution in [-0.2, 0) is 16.0 Å². The van der Waals surface area contributed by atoms with Crippen molar-refractivity contribution in [1.29, 1.82) is 0 Å². The molecule has 0 aromatic carbocycles. The Bertz CT molecular complexity index is 602. The van der Waals surface area contributed by atoms with E-state index in [-0.39, 0.29) is 12.0 Å². The molecule has 3 rings (SSSR count). The number of ether oxygens (including phenoxy) is 1. The average Bonchev–Trinajstić information content (AvgIpc) is 3.16. The van der Waals surface area contributed by atoms with Crippen molar-refractivity contribution in [3.8, 4) is 0 Å². The van der Waals surface area contributed by atoms with Gasteiger partial charge in [0.15, 0.2) is 0 Å². The quantitative estimate of drug-likeness (QED) is 0.862. The second-order valence-corrected chi connectivity index (χ2v) is 6.15. The molecule has 2 aromatic heterocycles. The Balaban J connectivity index is 1.54. The minimum Gasteiger partial charge on any atom is -0.366 e. The molecule has 1 amide bonds. The van der Waals surface area contributed by atoms with Crippen molar-refractivity contribution in [3.05, 3.63) is 33.6 Å². The summed E-state index contributed by atoms with van der Waals surface area (Å²) in [5, 5.41) is 6.37. The summed E-state index contributed by atoms with van der Waals surface area (Å²) in [5.74, 6) is 0.592. The lowest BCUT2D eigenvalue weighted by Crippen LogP contribution is -2.42. The second-order valence-electron chi connectivity index (χ2n) is 4.72. The molecule has 0 N–H and O–H groups in total. The monoisotopic (exact) mass is 327 g/mol. The summed E-state index contributed by atoms with van der Waals surface area (Å²) in [7, 11) is 0. The second kappa shape index (κ2) is 6.55. The lowest BCUT2D eigenvalue weighted by Gasteiger charge is -2.31. The number of morpholine rings is 1. The molecule has 2 aromatic rings. The topological polar surface area (TPSA) is 68.5 Å². The molecule has 1 fully saturated rings. The Morgan fingerprint density at radius 2 is 2.48 bits per heavy atom. The summed E-state index contributed by atoms with van der Waals surface area (Å²) in [4.78, 5) is 19.2. The van der Waals surface area contributed by atoms with Gasteiger partial charge in [0, 0.05) is 23.2 Å². The minimum absolute atomic E-state index is 0.108. The van der Waals surface area contributed by atoms with Crippen molar-refractivity contribution < 1.29 is 14.1 Å². The molecule has 0 saturated carbocycles. The summed E-state index contributed by atoms with van der Waals surface area (Å²) in [6.45, 7) is 1.54. The number of thiophene rings is 1. The van der Waals surface area contributed by atoms with Crippen LogP contribution in [0.2, 0.25) is 5.02 Å². The van der Waals surface area contributed by atoms with Gasteiger partial charge in [-0.25, -0.2) is 0 Å². The van der Waals surface area contributed by atoms with Crippen LogP contribution >= 0.6 is 22.9 Å². The summed E-state index contributed by atoms with van der Waals surface area (Å²) in [5.41, 5.74) is 0. The molecule has 3 heterocycles. The number of halogens is 1. The number of carbonyl (C=O) groups excluding carboxylic acids is 1. The van der Waals surface area contributed by atoms with E-state index in [1.807, 2.05) is 11.4 Å². The van der Waals surface area contributed by atoms with Crippen LogP contribution in [0.25, 0.3) is 0 Å². The van der Waals surface area contributed by atoms with Crippen LogP contribution in [0.5, 0.6) is 0 Å². The smallest absolute Gasteiger partial charge is 0.223 e. The summed E-state index contributed by atoms with van der Waals surface area (Å²) in [6.07, 6.45) is 2.13. The molecule has 0 aliphatic carbocycles. The van der Waals surface area contributed by atoms with Crippen LogP contribution in [-0.4, -0.2) is 40.6 Å². The maximum absolute atomic E-state index is 12.3. The SMILES string of the molecule is O=C(CCc1cc(Cl)cs1)N1CCOC(c2ncon2)C1. The number of aromatic nitrogens is 2. The molecule has 8 heteroatoms. The third-order valence-corrected chi connectivity index (χ3v) is 4.64. The molecule has 0 bridgehead atoms. The highest BCUT2D eigenvalue weighted by molar-refractivity contribution is 7.10. The molecule has 112 valence electrons. The van der Waals surface area contributed by atoms with Crippen LogP contribution in [0.1, 0.15) is 23.2 Å². The van der Waals surface area contributed by atoms with Crippen LogP contribution < -0.4 is 0 Å². The van der Waals surface area contributed by atoms with Crippen LogP contribution in [0.3, 0.4) is 0 Å². The number of hydrogen-bond donors (Lipinski definition) is 0. The van der Waals surface area contributed by atoms with Crippen molar-refractivity contribution in [2.45, 2.75) is 18.9 Å². The lowest BCUT2D eigenvalue weighted by molar-refractivity contribution is -0.139. The van der Waals surface area contributed by atoms with E-state index in [0.29, 0.717) is 38.4 Å². The van der Waals surface area contributed by atoms with Gasteiger partial charge in [0.25, 0.3) is 0 Å². The predicted octanol–water partition coefficient (Wildman–Crippen LogP) is 2.32. The average molecular weight is 328 g/mol. The highest BCUT2D eigenvalue weighted by Gasteiger charge is 2.27. The number of nitrogens with zero attached hydrogens (tertiary/aromatic N) is 3. The zero-order valence-electron chi connectivity index (χ0n) is 11.2. The largest absolute Gasteiger partial charge is 0.366 e. The molecule has 0 radical (unpaired) electrons. The summed E-state index contributed by atoms with van der Waals surface area (Å²) < 4.78 is 10.3. The first-order chi connectivity index (χ1) is 10.2. The molecule has 6 nitrogen and oxygen atoms in total. The molecule has 1 atom stereocenters. The van der Waals surface area contributed by atoms with Crippen molar-refractivity contribution >= 4 is 28.8 Å². The van der Waals surface area contributed by atoms with Gasteiger partial charge in [-0.15, -0.1) is 11.3 Å². The molecule has 1 saturated heterocycles. The maximum Gasteiger partial charge on any atom is 0.223 e. The third-order valence-electron chi connectivity index (χ3n) is 3.29. The summed E-state index contributed by atoms with van der Waals surface area (Å²) in [6, 6.07) is 1.90. The lowest BCUT2D eigenvalue weighted by atomic mass is 10.2. The fourth-order valence-electron chi connectivity index (χ4n) is 2.23. The Morgan fingerprint density at radius 3 is 3.19 bits per heavy atom. The number of aryl methyl sites for hydroxylation is 1. The van der Waals surface area contributed by atoms with E-state index in [0.717, 1.165) is 9.90 Å². The zero-order valence-corrected chi connectivity index (χ0v) is 12.8. The van der Waals surface area contributed by atoms with Crippen LogP contribution in [0.15, 0.2) is 22.4 Å². The van der Waals surface area contributed by atoms with Crippen molar-refractivity contribution in [3.63, 3.8) is 0 Å². The number of carbonyl (C=O) groups is 1. The van der Waals surface area contributed by atoms with Gasteiger partial charge in [-0.05, 0) is 12.5 Å². The van der Waals surface area contributed by atoms with E-state index in [9.17, 15) is 4.79 Å². The van der Waals surface area contributed by atoms with E-state index in [4.69, 9.17) is 20.9 Å². The zero-order chi connectivity index (χ0) is 14.7. The van der Waals surface area contributed by atoms with Crippen LogP contribution in [0.4, 0.5) is 0 Å². The van der Waals surface area contributed by atoms with Crippen molar-refractivity contribution in [1.82, 2.24) is 15.0 Å². The van der Waals surface area contributed by atoms with E-state index in [1.54, 1.807) is 16.2 Å². The van der Waals surface area contributed by atoms with Gasteiger partial charge < -0.3 is 14.2 Å². The number of hydrogen-bond acceptors (Lipinski definition) is 6. The molecule has 1 aliphatic heterocycles. The first-order valence-electron chi connectivity index (χ1n) is 6.61. The van der Waals surface area contributed by atoms with E-state index < -0.39 is 0 Å². The first-order valence-corrected chi connectivity index (χ1v) is 7.86. The Hall–Kier alpha value is -1.44. The standard InChI is InChI=1S/C13H14ClN3O3S/c14-9-5-10(21-7-9)1-2-12(18)17-3-4-19-11(6-17)13-15-8-20-16-13/h5,7-8,11H,1-4,6H2. The Kier molecular flexibility index (Phi) is 4.52. The van der Waals surface area contributed by atoms with E-state index in [2.05, 4.69) is 10.1 Å². The predicted molar refractivity (Wildman–Crippen MR) is 77.2 cm³/mol. The van der Waals surface area contributed by atoms with Gasteiger partial charge in [-0.1, -0.05) is 16.8 Å². The van der Waals surface area contributed by atoms with E-state index >= 15 is 0 Å². The minimum atomic E-state index is -0.308. The molecule has 1 unspecified atom stereocenters. The third kappa shape index (κ3) is 3.61. The van der Waals surface area contributed by atoms with Gasteiger partial charge in [0.1, 0.15) is 6.10 Å². The maximum atomic E-state index is 12.3. The van der Waals surface area contributed by atoms with Gasteiger partial charge in [-0.2, -0.15) is 4.98 Å². The first kappa shape index (κ1) is 14.5. The number of amides is 1. The molecular formula is C13H14ClN3O3S. The Labute approximate surface area is 130 Å².